The third-order valence-electron chi connectivity index (χ3n) is 5.13. The van der Waals surface area contributed by atoms with Gasteiger partial charge in [0.25, 0.3) is 0 Å². The summed E-state index contributed by atoms with van der Waals surface area (Å²) in [4.78, 5) is 12.7. The second-order valence-corrected chi connectivity index (χ2v) is 7.35. The van der Waals surface area contributed by atoms with Crippen molar-refractivity contribution in [2.45, 2.75) is 18.6 Å². The lowest BCUT2D eigenvalue weighted by Crippen LogP contribution is -2.35. The van der Waals surface area contributed by atoms with Crippen LogP contribution in [0.2, 0.25) is 0 Å². The first-order chi connectivity index (χ1) is 15.5. The summed E-state index contributed by atoms with van der Waals surface area (Å²) < 4.78 is 25.8. The van der Waals surface area contributed by atoms with Gasteiger partial charge in [-0.3, -0.25) is 0 Å². The maximum atomic E-state index is 14.6. The first-order valence-electron chi connectivity index (χ1n) is 9.44. The molecule has 33 heavy (non-hydrogen) atoms. The summed E-state index contributed by atoms with van der Waals surface area (Å²) in [6.45, 7) is 0. The van der Waals surface area contributed by atoms with Crippen LogP contribution in [0.4, 0.5) is 4.39 Å². The van der Waals surface area contributed by atoms with Gasteiger partial charge in [-0.2, -0.15) is 0 Å². The maximum Gasteiger partial charge on any atom is 0.338 e. The van der Waals surface area contributed by atoms with E-state index in [1.807, 2.05) is 0 Å². The van der Waals surface area contributed by atoms with Crippen LogP contribution in [0.5, 0.6) is 46.0 Å². The zero-order chi connectivity index (χ0) is 24.0. The van der Waals surface area contributed by atoms with E-state index in [-0.39, 0.29) is 40.4 Å². The highest BCUT2D eigenvalue weighted by atomic mass is 19.1. The van der Waals surface area contributed by atoms with E-state index in [4.69, 9.17) is 9.47 Å². The lowest BCUT2D eigenvalue weighted by molar-refractivity contribution is -0.0199. The topological polar surface area (TPSA) is 177 Å². The Morgan fingerprint density at radius 1 is 0.848 bits per heavy atom. The molecule has 0 saturated carbocycles. The Bertz CT molecular complexity index is 1250. The fourth-order valence-corrected chi connectivity index (χ4v) is 3.53. The number of carbonyl (C=O) groups excluding carboxylic acids is 1. The van der Waals surface area contributed by atoms with Crippen molar-refractivity contribution in [3.05, 3.63) is 58.9 Å². The average molecular weight is 460 g/mol. The minimum Gasteiger partial charge on any atom is -0.508 e. The Morgan fingerprint density at radius 3 is 2.15 bits per heavy atom. The van der Waals surface area contributed by atoms with E-state index in [1.54, 1.807) is 0 Å². The van der Waals surface area contributed by atoms with E-state index in [0.29, 0.717) is 6.07 Å². The molecule has 2 unspecified atom stereocenters. The van der Waals surface area contributed by atoms with Crippen molar-refractivity contribution in [2.75, 3.05) is 0 Å². The number of ether oxygens (including phenoxy) is 2. The van der Waals surface area contributed by atoms with Gasteiger partial charge in [0, 0.05) is 35.7 Å². The lowest BCUT2D eigenvalue weighted by Gasteiger charge is -2.34. The summed E-state index contributed by atoms with van der Waals surface area (Å²) in [7, 11) is 0. The highest BCUT2D eigenvalue weighted by Gasteiger charge is 2.38. The highest BCUT2D eigenvalue weighted by Crippen LogP contribution is 2.45. The van der Waals surface area contributed by atoms with Gasteiger partial charge in [-0.1, -0.05) is 0 Å². The van der Waals surface area contributed by atoms with Crippen molar-refractivity contribution in [2.24, 2.45) is 0 Å². The van der Waals surface area contributed by atoms with Crippen LogP contribution in [0.1, 0.15) is 27.6 Å². The molecule has 7 N–H and O–H groups in total. The molecule has 2 atom stereocenters. The predicted octanol–water partition coefficient (Wildman–Crippen LogP) is 2.67. The van der Waals surface area contributed by atoms with Gasteiger partial charge in [-0.25, -0.2) is 9.18 Å². The SMILES string of the molecule is O=C(OC1Cc2c(O)cc(O)cc2OC1c1cc(O)c(O)cc1F)c1cc(O)c(O)c(O)c1. The van der Waals surface area contributed by atoms with E-state index in [2.05, 4.69) is 0 Å². The Balaban J connectivity index is 1.76. The summed E-state index contributed by atoms with van der Waals surface area (Å²) in [5.74, 6) is -6.65. The van der Waals surface area contributed by atoms with E-state index >= 15 is 0 Å². The van der Waals surface area contributed by atoms with Crippen LogP contribution in [0.25, 0.3) is 0 Å². The molecule has 1 aliphatic rings. The van der Waals surface area contributed by atoms with Crippen LogP contribution in [-0.2, 0) is 11.2 Å². The van der Waals surface area contributed by atoms with Crippen LogP contribution in [-0.4, -0.2) is 47.8 Å². The van der Waals surface area contributed by atoms with Gasteiger partial charge in [0.15, 0.2) is 34.9 Å². The third kappa shape index (κ3) is 3.91. The number of hydrogen-bond donors (Lipinski definition) is 7. The minimum absolute atomic E-state index is 0.0308. The normalized spacial score (nSPS) is 17.1. The molecule has 4 rings (SSSR count). The zero-order valence-electron chi connectivity index (χ0n) is 16.6. The molecule has 0 spiro atoms. The van der Waals surface area contributed by atoms with Crippen molar-refractivity contribution in [1.29, 1.82) is 0 Å². The molecule has 0 radical (unpaired) electrons. The van der Waals surface area contributed by atoms with E-state index in [9.17, 15) is 44.9 Å². The Morgan fingerprint density at radius 2 is 1.48 bits per heavy atom. The minimum atomic E-state index is -1.39. The number of halogens is 1. The van der Waals surface area contributed by atoms with Gasteiger partial charge in [0.1, 0.15) is 29.2 Å². The van der Waals surface area contributed by atoms with Crippen molar-refractivity contribution >= 4 is 5.97 Å². The molecular weight excluding hydrogens is 443 g/mol. The number of aromatic hydroxyl groups is 7. The van der Waals surface area contributed by atoms with Gasteiger partial charge >= 0.3 is 5.97 Å². The number of esters is 1. The van der Waals surface area contributed by atoms with E-state index < -0.39 is 52.7 Å². The Kier molecular flexibility index (Phi) is 5.16. The fraction of sp³-hybridized carbons (Fsp3) is 0.136. The van der Waals surface area contributed by atoms with Crippen LogP contribution in [0.3, 0.4) is 0 Å². The van der Waals surface area contributed by atoms with Crippen molar-refractivity contribution in [3.63, 3.8) is 0 Å². The quantitative estimate of drug-likeness (QED) is 0.227. The van der Waals surface area contributed by atoms with Gasteiger partial charge in [-0.05, 0) is 18.2 Å². The van der Waals surface area contributed by atoms with Gasteiger partial charge < -0.3 is 45.2 Å². The predicted molar refractivity (Wildman–Crippen MR) is 107 cm³/mol. The van der Waals surface area contributed by atoms with Crippen LogP contribution in [0, 0.1) is 5.82 Å². The molecule has 10 nitrogen and oxygen atoms in total. The van der Waals surface area contributed by atoms with Gasteiger partial charge in [-0.15, -0.1) is 0 Å². The molecule has 3 aromatic rings. The molecule has 0 aliphatic carbocycles. The first-order valence-corrected chi connectivity index (χ1v) is 9.44. The fourth-order valence-electron chi connectivity index (χ4n) is 3.53. The lowest BCUT2D eigenvalue weighted by atomic mass is 9.93. The number of phenolic OH excluding ortho intramolecular Hbond substituents is 7. The molecule has 1 heterocycles. The van der Waals surface area contributed by atoms with E-state index in [1.165, 1.54) is 0 Å². The summed E-state index contributed by atoms with van der Waals surface area (Å²) in [6, 6.07) is 5.39. The van der Waals surface area contributed by atoms with Crippen LogP contribution < -0.4 is 4.74 Å². The number of carbonyl (C=O) groups is 1. The third-order valence-corrected chi connectivity index (χ3v) is 5.13. The van der Waals surface area contributed by atoms with Crippen LogP contribution >= 0.6 is 0 Å². The molecule has 0 fully saturated rings. The van der Waals surface area contributed by atoms with Gasteiger partial charge in [0.2, 0.25) is 0 Å². The molecule has 0 amide bonds. The van der Waals surface area contributed by atoms with Gasteiger partial charge in [0.05, 0.1) is 5.56 Å². The monoisotopic (exact) mass is 460 g/mol. The average Bonchev–Trinajstić information content (AvgIpc) is 2.74. The second-order valence-electron chi connectivity index (χ2n) is 7.35. The molecular formula is C22H17FO10. The van der Waals surface area contributed by atoms with Crippen molar-refractivity contribution < 1.29 is 54.4 Å². The molecule has 172 valence electrons. The van der Waals surface area contributed by atoms with E-state index in [0.717, 1.165) is 30.3 Å². The molecule has 3 aromatic carbocycles. The smallest absolute Gasteiger partial charge is 0.338 e. The Hall–Kier alpha value is -4.54. The molecule has 11 heteroatoms. The first kappa shape index (κ1) is 21.7. The number of phenols is 7. The summed E-state index contributed by atoms with van der Waals surface area (Å²) in [5.41, 5.74) is -0.508. The largest absolute Gasteiger partial charge is 0.508 e. The summed E-state index contributed by atoms with van der Waals surface area (Å²) in [6.07, 6.45) is -2.92. The summed E-state index contributed by atoms with van der Waals surface area (Å²) in [5, 5.41) is 68.1. The highest BCUT2D eigenvalue weighted by molar-refractivity contribution is 5.91. The Labute approximate surface area is 184 Å². The van der Waals surface area contributed by atoms with Crippen molar-refractivity contribution in [1.82, 2.24) is 0 Å². The number of rotatable bonds is 3. The number of hydrogen-bond acceptors (Lipinski definition) is 10. The molecule has 0 aromatic heterocycles. The second kappa shape index (κ2) is 7.86. The number of benzene rings is 3. The van der Waals surface area contributed by atoms with Crippen molar-refractivity contribution in [3.8, 4) is 46.0 Å². The number of fused-ring (bicyclic) bond motifs is 1. The standard InChI is InChI=1S/C22H17FO10/c23-12-7-15(27)14(26)5-10(12)21-19(6-11-13(25)3-9(24)4-18(11)32-21)33-22(31)8-1-16(28)20(30)17(29)2-8/h1-5,7,19,21,24-30H,6H2. The van der Waals surface area contributed by atoms with Crippen LogP contribution in [0.15, 0.2) is 36.4 Å². The zero-order valence-corrected chi connectivity index (χ0v) is 16.6. The summed E-state index contributed by atoms with van der Waals surface area (Å²) >= 11 is 0. The molecule has 0 bridgehead atoms. The maximum absolute atomic E-state index is 14.6. The molecule has 0 saturated heterocycles. The molecule has 1 aliphatic heterocycles.